The summed E-state index contributed by atoms with van der Waals surface area (Å²) in [5.74, 6) is 0.594. The van der Waals surface area contributed by atoms with Crippen LogP contribution in [-0.4, -0.2) is 42.3 Å². The third-order valence-electron chi connectivity index (χ3n) is 4.22. The van der Waals surface area contributed by atoms with Crippen LogP contribution in [0.5, 0.6) is 0 Å². The predicted octanol–water partition coefficient (Wildman–Crippen LogP) is 3.10. The Kier molecular flexibility index (Phi) is 4.08. The van der Waals surface area contributed by atoms with Crippen LogP contribution in [0, 0.1) is 0 Å². The second kappa shape index (κ2) is 5.98. The number of aromatic nitrogens is 1. The van der Waals surface area contributed by atoms with Crippen molar-refractivity contribution >= 4 is 10.9 Å². The van der Waals surface area contributed by atoms with Gasteiger partial charge in [0.25, 0.3) is 0 Å². The number of fused-ring (bicyclic) bond motifs is 1. The minimum atomic E-state index is 0.594. The topological polar surface area (TPSA) is 17.4 Å². The van der Waals surface area contributed by atoms with Crippen LogP contribution in [0.15, 0.2) is 30.5 Å². The van der Waals surface area contributed by atoms with E-state index in [0.29, 0.717) is 5.92 Å². The summed E-state index contributed by atoms with van der Waals surface area (Å²) in [5.41, 5.74) is 2.77. The molecule has 2 heterocycles. The van der Waals surface area contributed by atoms with E-state index in [1.807, 2.05) is 0 Å². The summed E-state index contributed by atoms with van der Waals surface area (Å²) in [6, 6.07) is 9.09. The Morgan fingerprint density at radius 3 is 2.65 bits per heavy atom. The third kappa shape index (κ3) is 2.89. The van der Waals surface area contributed by atoms with E-state index < -0.39 is 0 Å². The smallest absolute Gasteiger partial charge is 0.0594 e. The molecule has 108 valence electrons. The van der Waals surface area contributed by atoms with Crippen molar-refractivity contribution in [3.05, 3.63) is 36.0 Å². The van der Waals surface area contributed by atoms with Gasteiger partial charge in [0.1, 0.15) is 0 Å². The molecule has 0 spiro atoms. The fraction of sp³-hybridized carbons (Fsp3) is 0.529. The first-order valence-electron chi connectivity index (χ1n) is 7.63. The van der Waals surface area contributed by atoms with Crippen LogP contribution in [0.2, 0.25) is 0 Å². The van der Waals surface area contributed by atoms with Crippen molar-refractivity contribution in [3.8, 4) is 0 Å². The molecular formula is C17H24N2O. The molecule has 3 nitrogen and oxygen atoms in total. The highest BCUT2D eigenvalue weighted by Gasteiger charge is 2.10. The van der Waals surface area contributed by atoms with Gasteiger partial charge in [0, 0.05) is 37.9 Å². The van der Waals surface area contributed by atoms with Crippen molar-refractivity contribution in [2.45, 2.75) is 26.3 Å². The molecular weight excluding hydrogens is 248 g/mol. The third-order valence-corrected chi connectivity index (χ3v) is 4.22. The Morgan fingerprint density at radius 1 is 1.10 bits per heavy atom. The van der Waals surface area contributed by atoms with Crippen molar-refractivity contribution in [2.24, 2.45) is 0 Å². The first-order valence-corrected chi connectivity index (χ1v) is 7.63. The van der Waals surface area contributed by atoms with Gasteiger partial charge in [-0.05, 0) is 35.1 Å². The van der Waals surface area contributed by atoms with Gasteiger partial charge < -0.3 is 9.30 Å². The Bertz CT molecular complexity index is 567. The molecule has 0 radical (unpaired) electrons. The maximum absolute atomic E-state index is 5.39. The molecule has 1 aromatic heterocycles. The van der Waals surface area contributed by atoms with Crippen LogP contribution >= 0.6 is 0 Å². The standard InChI is InChI=1S/C17H24N2O/c1-14(2)15-3-4-17-16(13-15)5-6-19(17)8-7-18-9-11-20-12-10-18/h3-6,13-14H,7-12H2,1-2H3. The van der Waals surface area contributed by atoms with E-state index in [-0.39, 0.29) is 0 Å². The van der Waals surface area contributed by atoms with Gasteiger partial charge in [0.15, 0.2) is 0 Å². The molecule has 0 saturated carbocycles. The van der Waals surface area contributed by atoms with Crippen molar-refractivity contribution in [2.75, 3.05) is 32.8 Å². The number of hydrogen-bond donors (Lipinski definition) is 0. The maximum atomic E-state index is 5.39. The summed E-state index contributed by atoms with van der Waals surface area (Å²) >= 11 is 0. The van der Waals surface area contributed by atoms with Gasteiger partial charge in [-0.25, -0.2) is 0 Å². The average molecular weight is 272 g/mol. The van der Waals surface area contributed by atoms with E-state index in [4.69, 9.17) is 4.74 Å². The van der Waals surface area contributed by atoms with Gasteiger partial charge in [-0.15, -0.1) is 0 Å². The summed E-state index contributed by atoms with van der Waals surface area (Å²) in [4.78, 5) is 2.48. The van der Waals surface area contributed by atoms with Gasteiger partial charge in [0.05, 0.1) is 13.2 Å². The summed E-state index contributed by atoms with van der Waals surface area (Å²) in [6.45, 7) is 10.6. The molecule has 0 unspecified atom stereocenters. The Hall–Kier alpha value is -1.32. The highest BCUT2D eigenvalue weighted by Crippen LogP contribution is 2.22. The fourth-order valence-corrected chi connectivity index (χ4v) is 2.85. The molecule has 0 aliphatic carbocycles. The van der Waals surface area contributed by atoms with Crippen LogP contribution in [0.25, 0.3) is 10.9 Å². The molecule has 0 atom stereocenters. The lowest BCUT2D eigenvalue weighted by Crippen LogP contribution is -2.38. The van der Waals surface area contributed by atoms with E-state index in [9.17, 15) is 0 Å². The van der Waals surface area contributed by atoms with Crippen LogP contribution in [0.3, 0.4) is 0 Å². The van der Waals surface area contributed by atoms with E-state index in [1.54, 1.807) is 0 Å². The molecule has 1 saturated heterocycles. The van der Waals surface area contributed by atoms with Crippen molar-refractivity contribution in [1.29, 1.82) is 0 Å². The number of ether oxygens (including phenoxy) is 1. The number of benzene rings is 1. The van der Waals surface area contributed by atoms with Crippen LogP contribution in [0.1, 0.15) is 25.3 Å². The quantitative estimate of drug-likeness (QED) is 0.851. The molecule has 1 aliphatic rings. The van der Waals surface area contributed by atoms with Gasteiger partial charge in [-0.1, -0.05) is 19.9 Å². The van der Waals surface area contributed by atoms with Gasteiger partial charge in [0.2, 0.25) is 0 Å². The SMILES string of the molecule is CC(C)c1ccc2c(ccn2CCN2CCOCC2)c1. The molecule has 0 bridgehead atoms. The monoisotopic (exact) mass is 272 g/mol. The zero-order chi connectivity index (χ0) is 13.9. The Morgan fingerprint density at radius 2 is 1.90 bits per heavy atom. The van der Waals surface area contributed by atoms with E-state index in [2.05, 4.69) is 53.8 Å². The minimum Gasteiger partial charge on any atom is -0.379 e. The lowest BCUT2D eigenvalue weighted by molar-refractivity contribution is 0.0365. The first-order chi connectivity index (χ1) is 9.74. The zero-order valence-electron chi connectivity index (χ0n) is 12.5. The largest absolute Gasteiger partial charge is 0.379 e. The van der Waals surface area contributed by atoms with Gasteiger partial charge in [-0.3, -0.25) is 4.90 Å². The second-order valence-corrected chi connectivity index (χ2v) is 5.94. The van der Waals surface area contributed by atoms with Crippen molar-refractivity contribution in [3.63, 3.8) is 0 Å². The predicted molar refractivity (Wildman–Crippen MR) is 83.3 cm³/mol. The fourth-order valence-electron chi connectivity index (χ4n) is 2.85. The number of morpholine rings is 1. The van der Waals surface area contributed by atoms with E-state index in [1.165, 1.54) is 16.5 Å². The molecule has 3 rings (SSSR count). The van der Waals surface area contributed by atoms with Gasteiger partial charge >= 0.3 is 0 Å². The normalized spacial score (nSPS) is 17.1. The molecule has 2 aromatic rings. The maximum Gasteiger partial charge on any atom is 0.0594 e. The summed E-state index contributed by atoms with van der Waals surface area (Å²) in [5, 5.41) is 1.36. The first kappa shape index (κ1) is 13.7. The number of hydrogen-bond acceptors (Lipinski definition) is 2. The van der Waals surface area contributed by atoms with Crippen LogP contribution in [-0.2, 0) is 11.3 Å². The van der Waals surface area contributed by atoms with Gasteiger partial charge in [-0.2, -0.15) is 0 Å². The summed E-state index contributed by atoms with van der Waals surface area (Å²) < 4.78 is 7.76. The molecule has 0 amide bonds. The number of rotatable bonds is 4. The van der Waals surface area contributed by atoms with Crippen molar-refractivity contribution < 1.29 is 4.74 Å². The Labute approximate surface area is 121 Å². The molecule has 20 heavy (non-hydrogen) atoms. The number of nitrogens with zero attached hydrogens (tertiary/aromatic N) is 2. The molecule has 1 aliphatic heterocycles. The van der Waals surface area contributed by atoms with Crippen molar-refractivity contribution in [1.82, 2.24) is 9.47 Å². The average Bonchev–Trinajstić information content (AvgIpc) is 2.88. The van der Waals surface area contributed by atoms with Crippen LogP contribution in [0.4, 0.5) is 0 Å². The highest BCUT2D eigenvalue weighted by molar-refractivity contribution is 5.81. The van der Waals surface area contributed by atoms with Crippen LogP contribution < -0.4 is 0 Å². The minimum absolute atomic E-state index is 0.594. The molecule has 3 heteroatoms. The van der Waals surface area contributed by atoms with E-state index >= 15 is 0 Å². The second-order valence-electron chi connectivity index (χ2n) is 5.94. The lowest BCUT2D eigenvalue weighted by Gasteiger charge is -2.26. The molecule has 0 N–H and O–H groups in total. The zero-order valence-corrected chi connectivity index (χ0v) is 12.5. The summed E-state index contributed by atoms with van der Waals surface area (Å²) in [6.07, 6.45) is 2.22. The molecule has 1 aromatic carbocycles. The summed E-state index contributed by atoms with van der Waals surface area (Å²) in [7, 11) is 0. The lowest BCUT2D eigenvalue weighted by atomic mass is 10.0. The highest BCUT2D eigenvalue weighted by atomic mass is 16.5. The Balaban J connectivity index is 1.71. The van der Waals surface area contributed by atoms with E-state index in [0.717, 1.165) is 39.4 Å². The molecule has 1 fully saturated rings.